The largest absolute Gasteiger partial charge is 0.465 e. The standard InChI is InChI=1S/C10H14N2O3/c1-2-8-3-5-12(6-4-8)9(13)7-11-10(14)15/h1,8,11H,3-7H2,(H,14,15). The van der Waals surface area contributed by atoms with Crippen LogP contribution in [0, 0.1) is 18.3 Å². The number of carbonyl (C=O) groups is 2. The monoisotopic (exact) mass is 210 g/mol. The average molecular weight is 210 g/mol. The van der Waals surface area contributed by atoms with Crippen molar-refractivity contribution in [3.63, 3.8) is 0 Å². The van der Waals surface area contributed by atoms with Gasteiger partial charge in [0, 0.05) is 19.0 Å². The molecular weight excluding hydrogens is 196 g/mol. The van der Waals surface area contributed by atoms with Crippen LogP contribution in [0.15, 0.2) is 0 Å². The second-order valence-corrected chi connectivity index (χ2v) is 3.48. The lowest BCUT2D eigenvalue weighted by Gasteiger charge is -2.29. The van der Waals surface area contributed by atoms with Crippen LogP contribution in [0.1, 0.15) is 12.8 Å². The molecule has 5 nitrogen and oxygen atoms in total. The number of nitrogens with one attached hydrogen (secondary N) is 1. The Morgan fingerprint density at radius 1 is 1.47 bits per heavy atom. The molecule has 15 heavy (non-hydrogen) atoms. The number of hydrogen-bond acceptors (Lipinski definition) is 2. The molecule has 1 heterocycles. The van der Waals surface area contributed by atoms with Gasteiger partial charge in [0.1, 0.15) is 6.54 Å². The fourth-order valence-corrected chi connectivity index (χ4v) is 1.56. The molecule has 2 N–H and O–H groups in total. The quantitative estimate of drug-likeness (QED) is 0.636. The minimum atomic E-state index is -1.18. The number of likely N-dealkylation sites (tertiary alicyclic amines) is 1. The second-order valence-electron chi connectivity index (χ2n) is 3.48. The molecule has 5 heteroatoms. The molecule has 1 saturated heterocycles. The molecule has 1 aliphatic heterocycles. The van der Waals surface area contributed by atoms with Gasteiger partial charge in [0.25, 0.3) is 0 Å². The summed E-state index contributed by atoms with van der Waals surface area (Å²) < 4.78 is 0. The van der Waals surface area contributed by atoms with Crippen molar-refractivity contribution in [3.8, 4) is 12.3 Å². The number of piperidine rings is 1. The van der Waals surface area contributed by atoms with Gasteiger partial charge >= 0.3 is 6.09 Å². The van der Waals surface area contributed by atoms with Crippen LogP contribution in [0.4, 0.5) is 4.79 Å². The molecule has 0 aliphatic carbocycles. The van der Waals surface area contributed by atoms with Gasteiger partial charge in [-0.05, 0) is 12.8 Å². The Morgan fingerprint density at radius 2 is 2.07 bits per heavy atom. The summed E-state index contributed by atoms with van der Waals surface area (Å²) in [4.78, 5) is 23.3. The maximum atomic E-state index is 11.4. The Labute approximate surface area is 88.4 Å². The molecule has 1 fully saturated rings. The Morgan fingerprint density at radius 3 is 2.53 bits per heavy atom. The van der Waals surface area contributed by atoms with Crippen molar-refractivity contribution in [1.82, 2.24) is 10.2 Å². The van der Waals surface area contributed by atoms with Crippen molar-refractivity contribution in [2.75, 3.05) is 19.6 Å². The van der Waals surface area contributed by atoms with E-state index in [9.17, 15) is 9.59 Å². The predicted octanol–water partition coefficient (Wildman–Crippen LogP) is 0.126. The fourth-order valence-electron chi connectivity index (χ4n) is 1.56. The normalized spacial score (nSPS) is 16.9. The SMILES string of the molecule is C#CC1CCN(C(=O)CNC(=O)O)CC1. The van der Waals surface area contributed by atoms with Gasteiger partial charge in [-0.3, -0.25) is 4.79 Å². The van der Waals surface area contributed by atoms with Crippen molar-refractivity contribution >= 4 is 12.0 Å². The number of carbonyl (C=O) groups excluding carboxylic acids is 1. The van der Waals surface area contributed by atoms with Gasteiger partial charge in [-0.15, -0.1) is 12.3 Å². The molecule has 1 rings (SSSR count). The lowest BCUT2D eigenvalue weighted by atomic mass is 9.98. The molecular formula is C10H14N2O3. The number of nitrogens with zero attached hydrogens (tertiary/aromatic N) is 1. The van der Waals surface area contributed by atoms with E-state index in [0.29, 0.717) is 13.1 Å². The van der Waals surface area contributed by atoms with Gasteiger partial charge in [0.15, 0.2) is 0 Å². The first-order valence-corrected chi connectivity index (χ1v) is 4.84. The third-order valence-electron chi connectivity index (χ3n) is 2.47. The highest BCUT2D eigenvalue weighted by Gasteiger charge is 2.21. The van der Waals surface area contributed by atoms with E-state index in [1.54, 1.807) is 4.90 Å². The molecule has 0 spiro atoms. The van der Waals surface area contributed by atoms with Crippen LogP contribution in [-0.2, 0) is 4.79 Å². The molecule has 0 aromatic heterocycles. The number of carboxylic acid groups (broad SMARTS) is 1. The van der Waals surface area contributed by atoms with Gasteiger partial charge < -0.3 is 15.3 Å². The summed E-state index contributed by atoms with van der Waals surface area (Å²) in [6, 6.07) is 0. The average Bonchev–Trinajstić information content (AvgIpc) is 2.26. The van der Waals surface area contributed by atoms with Crippen molar-refractivity contribution in [2.24, 2.45) is 5.92 Å². The minimum absolute atomic E-state index is 0.157. The van der Waals surface area contributed by atoms with Crippen LogP contribution in [0.2, 0.25) is 0 Å². The highest BCUT2D eigenvalue weighted by molar-refractivity contribution is 5.81. The summed E-state index contributed by atoms with van der Waals surface area (Å²) in [7, 11) is 0. The summed E-state index contributed by atoms with van der Waals surface area (Å²) in [6.07, 6.45) is 5.70. The summed E-state index contributed by atoms with van der Waals surface area (Å²) >= 11 is 0. The molecule has 0 atom stereocenters. The number of terminal acetylenes is 1. The van der Waals surface area contributed by atoms with Crippen molar-refractivity contribution in [2.45, 2.75) is 12.8 Å². The van der Waals surface area contributed by atoms with E-state index in [1.807, 2.05) is 0 Å². The maximum absolute atomic E-state index is 11.4. The first kappa shape index (κ1) is 11.4. The summed E-state index contributed by atoms with van der Waals surface area (Å²) in [5.41, 5.74) is 0. The predicted molar refractivity (Wildman–Crippen MR) is 54.2 cm³/mol. The minimum Gasteiger partial charge on any atom is -0.465 e. The Kier molecular flexibility index (Phi) is 3.98. The van der Waals surface area contributed by atoms with E-state index in [0.717, 1.165) is 12.8 Å². The topological polar surface area (TPSA) is 69.6 Å². The van der Waals surface area contributed by atoms with Crippen LogP contribution < -0.4 is 5.32 Å². The number of hydrogen-bond donors (Lipinski definition) is 2. The lowest BCUT2D eigenvalue weighted by Crippen LogP contribution is -2.43. The zero-order valence-electron chi connectivity index (χ0n) is 8.40. The molecule has 0 unspecified atom stereocenters. The molecule has 1 aliphatic rings. The molecule has 2 amide bonds. The Hall–Kier alpha value is -1.70. The van der Waals surface area contributed by atoms with E-state index in [2.05, 4.69) is 11.2 Å². The van der Waals surface area contributed by atoms with E-state index in [4.69, 9.17) is 11.5 Å². The molecule has 0 aromatic rings. The van der Waals surface area contributed by atoms with E-state index in [-0.39, 0.29) is 18.4 Å². The van der Waals surface area contributed by atoms with E-state index >= 15 is 0 Å². The summed E-state index contributed by atoms with van der Waals surface area (Å²) in [5.74, 6) is 2.73. The molecule has 0 aromatic carbocycles. The molecule has 82 valence electrons. The number of amides is 2. The van der Waals surface area contributed by atoms with Crippen molar-refractivity contribution in [1.29, 1.82) is 0 Å². The number of rotatable bonds is 2. The third kappa shape index (κ3) is 3.50. The molecule has 0 bridgehead atoms. The van der Waals surface area contributed by atoms with Gasteiger partial charge in [-0.2, -0.15) is 0 Å². The van der Waals surface area contributed by atoms with E-state index < -0.39 is 6.09 Å². The van der Waals surface area contributed by atoms with Gasteiger partial charge in [0.05, 0.1) is 0 Å². The lowest BCUT2D eigenvalue weighted by molar-refractivity contribution is -0.131. The van der Waals surface area contributed by atoms with Gasteiger partial charge in [0.2, 0.25) is 5.91 Å². The maximum Gasteiger partial charge on any atom is 0.405 e. The zero-order valence-corrected chi connectivity index (χ0v) is 8.40. The Balaban J connectivity index is 2.30. The van der Waals surface area contributed by atoms with Crippen LogP contribution in [0.25, 0.3) is 0 Å². The highest BCUT2D eigenvalue weighted by Crippen LogP contribution is 2.15. The second kappa shape index (κ2) is 5.25. The van der Waals surface area contributed by atoms with Crippen LogP contribution >= 0.6 is 0 Å². The van der Waals surface area contributed by atoms with Crippen LogP contribution in [0.3, 0.4) is 0 Å². The Bertz CT molecular complexity index is 288. The van der Waals surface area contributed by atoms with Crippen LogP contribution in [-0.4, -0.2) is 41.6 Å². The van der Waals surface area contributed by atoms with Crippen molar-refractivity contribution in [3.05, 3.63) is 0 Å². The first-order chi connectivity index (χ1) is 7.13. The third-order valence-corrected chi connectivity index (χ3v) is 2.47. The van der Waals surface area contributed by atoms with Crippen LogP contribution in [0.5, 0.6) is 0 Å². The summed E-state index contributed by atoms with van der Waals surface area (Å²) in [5, 5.41) is 10.4. The van der Waals surface area contributed by atoms with Gasteiger partial charge in [-0.25, -0.2) is 4.79 Å². The zero-order chi connectivity index (χ0) is 11.3. The van der Waals surface area contributed by atoms with Crippen molar-refractivity contribution < 1.29 is 14.7 Å². The first-order valence-electron chi connectivity index (χ1n) is 4.84. The molecule has 0 radical (unpaired) electrons. The fraction of sp³-hybridized carbons (Fsp3) is 0.600. The van der Waals surface area contributed by atoms with E-state index in [1.165, 1.54) is 0 Å². The molecule has 0 saturated carbocycles. The summed E-state index contributed by atoms with van der Waals surface area (Å²) in [6.45, 7) is 1.08. The van der Waals surface area contributed by atoms with Gasteiger partial charge in [-0.1, -0.05) is 0 Å². The highest BCUT2D eigenvalue weighted by atomic mass is 16.4. The smallest absolute Gasteiger partial charge is 0.405 e.